The summed E-state index contributed by atoms with van der Waals surface area (Å²) in [6, 6.07) is 12.6. The molecule has 0 saturated heterocycles. The molecule has 6 heteroatoms. The lowest BCUT2D eigenvalue weighted by Crippen LogP contribution is -2.44. The monoisotopic (exact) mass is 399 g/mol. The largest absolute Gasteiger partial charge is 0.489 e. The Kier molecular flexibility index (Phi) is 7.26. The molecule has 0 aliphatic heterocycles. The molecule has 0 aliphatic carbocycles. The van der Waals surface area contributed by atoms with Crippen molar-refractivity contribution < 1.29 is 24.2 Å². The number of hydrogen-bond acceptors (Lipinski definition) is 4. The number of rotatable bonds is 7. The topological polar surface area (TPSA) is 84.9 Å². The molecule has 0 aliphatic rings. The van der Waals surface area contributed by atoms with Gasteiger partial charge in [0.05, 0.1) is 0 Å². The first kappa shape index (κ1) is 22.3. The van der Waals surface area contributed by atoms with Crippen molar-refractivity contribution in [2.45, 2.75) is 59.3 Å². The number of alkyl carbamates (subject to hydrolysis) is 1. The van der Waals surface area contributed by atoms with Crippen molar-refractivity contribution in [3.63, 3.8) is 0 Å². The molecule has 0 unspecified atom stereocenters. The third kappa shape index (κ3) is 7.14. The number of nitrogens with one attached hydrogen (secondary N) is 1. The zero-order valence-corrected chi connectivity index (χ0v) is 17.6. The lowest BCUT2D eigenvalue weighted by molar-refractivity contribution is -0.139. The Bertz CT molecular complexity index is 832. The first-order valence-electron chi connectivity index (χ1n) is 9.54. The number of aliphatic carboxylic acids is 1. The van der Waals surface area contributed by atoms with Crippen LogP contribution in [0.2, 0.25) is 0 Å². The van der Waals surface area contributed by atoms with E-state index in [2.05, 4.69) is 5.32 Å². The van der Waals surface area contributed by atoms with E-state index >= 15 is 0 Å². The summed E-state index contributed by atoms with van der Waals surface area (Å²) in [5.41, 5.74) is 3.05. The third-order valence-electron chi connectivity index (χ3n) is 4.32. The molecule has 1 amide bonds. The molecular weight excluding hydrogens is 370 g/mol. The first-order valence-corrected chi connectivity index (χ1v) is 9.54. The van der Waals surface area contributed by atoms with Crippen LogP contribution in [0.3, 0.4) is 0 Å². The minimum absolute atomic E-state index is 0.158. The van der Waals surface area contributed by atoms with Gasteiger partial charge in [-0.15, -0.1) is 0 Å². The Hall–Kier alpha value is -3.02. The molecule has 2 aromatic carbocycles. The molecule has 29 heavy (non-hydrogen) atoms. The van der Waals surface area contributed by atoms with Crippen LogP contribution in [0.25, 0.3) is 0 Å². The Morgan fingerprint density at radius 3 is 2.17 bits per heavy atom. The zero-order valence-electron chi connectivity index (χ0n) is 17.6. The molecule has 2 rings (SSSR count). The molecule has 6 nitrogen and oxygen atoms in total. The summed E-state index contributed by atoms with van der Waals surface area (Å²) in [6.07, 6.45) is -0.589. The maximum atomic E-state index is 12.0. The smallest absolute Gasteiger partial charge is 0.408 e. The van der Waals surface area contributed by atoms with Crippen LogP contribution >= 0.6 is 0 Å². The predicted molar refractivity (Wildman–Crippen MR) is 111 cm³/mol. The summed E-state index contributed by atoms with van der Waals surface area (Å²) in [6.45, 7) is 9.45. The highest BCUT2D eigenvalue weighted by Crippen LogP contribution is 2.24. The van der Waals surface area contributed by atoms with Crippen LogP contribution in [0, 0.1) is 13.8 Å². The van der Waals surface area contributed by atoms with Gasteiger partial charge in [0.2, 0.25) is 0 Å². The number of carbonyl (C=O) groups is 2. The Balaban J connectivity index is 2.10. The SMILES string of the molecule is Cc1cc(OCc2ccccc2)cc(C)c1C[C@H](NC(=O)OC(C)(C)C)C(=O)O. The normalized spacial score (nSPS) is 12.2. The number of carboxylic acid groups (broad SMARTS) is 1. The van der Waals surface area contributed by atoms with Gasteiger partial charge in [0.1, 0.15) is 24.0 Å². The molecule has 0 heterocycles. The number of benzene rings is 2. The number of aryl methyl sites for hydroxylation is 2. The summed E-state index contributed by atoms with van der Waals surface area (Å²) < 4.78 is 11.1. The summed E-state index contributed by atoms with van der Waals surface area (Å²) in [5.74, 6) is -0.390. The molecule has 0 bridgehead atoms. The number of hydrogen-bond donors (Lipinski definition) is 2. The highest BCUT2D eigenvalue weighted by atomic mass is 16.6. The van der Waals surface area contributed by atoms with Gasteiger partial charge in [0.25, 0.3) is 0 Å². The molecule has 156 valence electrons. The lowest BCUT2D eigenvalue weighted by Gasteiger charge is -2.23. The van der Waals surface area contributed by atoms with Crippen LogP contribution in [-0.4, -0.2) is 28.8 Å². The van der Waals surface area contributed by atoms with Crippen LogP contribution in [0.5, 0.6) is 5.75 Å². The van der Waals surface area contributed by atoms with Crippen molar-refractivity contribution >= 4 is 12.1 Å². The molecule has 0 radical (unpaired) electrons. The quantitative estimate of drug-likeness (QED) is 0.721. The second kappa shape index (κ2) is 9.45. The van der Waals surface area contributed by atoms with E-state index in [1.165, 1.54) is 0 Å². The molecule has 2 N–H and O–H groups in total. The second-order valence-corrected chi connectivity index (χ2v) is 8.05. The van der Waals surface area contributed by atoms with E-state index in [1.807, 2.05) is 56.3 Å². The summed E-state index contributed by atoms with van der Waals surface area (Å²) in [4.78, 5) is 23.6. The van der Waals surface area contributed by atoms with E-state index in [0.29, 0.717) is 6.61 Å². The third-order valence-corrected chi connectivity index (χ3v) is 4.32. The second-order valence-electron chi connectivity index (χ2n) is 8.05. The van der Waals surface area contributed by atoms with Gasteiger partial charge in [-0.2, -0.15) is 0 Å². The Morgan fingerprint density at radius 2 is 1.66 bits per heavy atom. The first-order chi connectivity index (χ1) is 13.5. The van der Waals surface area contributed by atoms with Crippen molar-refractivity contribution in [3.8, 4) is 5.75 Å². The van der Waals surface area contributed by atoms with Crippen molar-refractivity contribution in [2.75, 3.05) is 0 Å². The van der Waals surface area contributed by atoms with Crippen LogP contribution < -0.4 is 10.1 Å². The lowest BCUT2D eigenvalue weighted by atomic mass is 9.96. The molecule has 0 fully saturated rings. The van der Waals surface area contributed by atoms with Crippen LogP contribution in [-0.2, 0) is 22.6 Å². The van der Waals surface area contributed by atoms with Crippen molar-refractivity contribution in [1.29, 1.82) is 0 Å². The Morgan fingerprint density at radius 1 is 1.07 bits per heavy atom. The van der Waals surface area contributed by atoms with Gasteiger partial charge in [-0.1, -0.05) is 30.3 Å². The molecule has 0 spiro atoms. The van der Waals surface area contributed by atoms with E-state index in [0.717, 1.165) is 28.0 Å². The number of ether oxygens (including phenoxy) is 2. The molecule has 0 aromatic heterocycles. The molecule has 0 saturated carbocycles. The highest BCUT2D eigenvalue weighted by Gasteiger charge is 2.25. The minimum atomic E-state index is -1.11. The fraction of sp³-hybridized carbons (Fsp3) is 0.391. The van der Waals surface area contributed by atoms with Crippen LogP contribution in [0.4, 0.5) is 4.79 Å². The van der Waals surface area contributed by atoms with Gasteiger partial charge in [-0.25, -0.2) is 9.59 Å². The number of carbonyl (C=O) groups excluding carboxylic acids is 1. The maximum absolute atomic E-state index is 12.0. The summed E-state index contributed by atoms with van der Waals surface area (Å²) >= 11 is 0. The van der Waals surface area contributed by atoms with E-state index < -0.39 is 23.7 Å². The van der Waals surface area contributed by atoms with Gasteiger partial charge in [-0.05, 0) is 69.0 Å². The van der Waals surface area contributed by atoms with Gasteiger partial charge < -0.3 is 19.9 Å². The number of carboxylic acids is 1. The fourth-order valence-corrected chi connectivity index (χ4v) is 2.95. The predicted octanol–water partition coefficient (Wildman–Crippen LogP) is 4.40. The van der Waals surface area contributed by atoms with Gasteiger partial charge in [0, 0.05) is 6.42 Å². The highest BCUT2D eigenvalue weighted by molar-refractivity contribution is 5.80. The molecule has 1 atom stereocenters. The minimum Gasteiger partial charge on any atom is -0.489 e. The van der Waals surface area contributed by atoms with Crippen molar-refractivity contribution in [3.05, 3.63) is 64.7 Å². The standard InChI is InChI=1S/C23H29NO5/c1-15-11-18(28-14-17-9-7-6-8-10-17)12-16(2)19(15)13-20(21(25)26)24-22(27)29-23(3,4)5/h6-12,20H,13-14H2,1-5H3,(H,24,27)(H,25,26)/t20-/m0/s1. The van der Waals surface area contributed by atoms with E-state index in [4.69, 9.17) is 9.47 Å². The average Bonchev–Trinajstić information content (AvgIpc) is 2.61. The fourth-order valence-electron chi connectivity index (χ4n) is 2.95. The number of amides is 1. The summed E-state index contributed by atoms with van der Waals surface area (Å²) in [7, 11) is 0. The van der Waals surface area contributed by atoms with E-state index in [9.17, 15) is 14.7 Å². The molecule has 2 aromatic rings. The molecular formula is C23H29NO5. The maximum Gasteiger partial charge on any atom is 0.408 e. The van der Waals surface area contributed by atoms with Crippen LogP contribution in [0.15, 0.2) is 42.5 Å². The van der Waals surface area contributed by atoms with Crippen molar-refractivity contribution in [1.82, 2.24) is 5.32 Å². The average molecular weight is 399 g/mol. The van der Waals surface area contributed by atoms with Gasteiger partial charge in [0.15, 0.2) is 0 Å². The van der Waals surface area contributed by atoms with Crippen molar-refractivity contribution in [2.24, 2.45) is 0 Å². The van der Waals surface area contributed by atoms with Gasteiger partial charge >= 0.3 is 12.1 Å². The van der Waals surface area contributed by atoms with E-state index in [-0.39, 0.29) is 6.42 Å². The summed E-state index contributed by atoms with van der Waals surface area (Å²) in [5, 5.41) is 12.0. The van der Waals surface area contributed by atoms with Crippen LogP contribution in [0.1, 0.15) is 43.0 Å². The Labute approximate surface area is 171 Å². The zero-order chi connectivity index (χ0) is 21.6. The van der Waals surface area contributed by atoms with Gasteiger partial charge in [-0.3, -0.25) is 0 Å². The van der Waals surface area contributed by atoms with E-state index in [1.54, 1.807) is 20.8 Å².